The van der Waals surface area contributed by atoms with E-state index < -0.39 is 5.82 Å². The molecule has 0 bridgehead atoms. The van der Waals surface area contributed by atoms with Crippen molar-refractivity contribution >= 4 is 17.3 Å². The van der Waals surface area contributed by atoms with Crippen LogP contribution in [-0.4, -0.2) is 9.97 Å². The first-order valence-corrected chi connectivity index (χ1v) is 6.47. The van der Waals surface area contributed by atoms with E-state index in [1.165, 1.54) is 18.2 Å². The molecule has 0 fully saturated rings. The van der Waals surface area contributed by atoms with Crippen molar-refractivity contribution in [3.63, 3.8) is 0 Å². The SMILES string of the molecule is CCCc1nc(NN)cc(Nc2ccc(F)c(C#N)c2)n1. The van der Waals surface area contributed by atoms with Crippen LogP contribution in [0.3, 0.4) is 0 Å². The largest absolute Gasteiger partial charge is 0.340 e. The molecule has 0 radical (unpaired) electrons. The predicted octanol–water partition coefficient (Wildman–Crippen LogP) is 2.47. The van der Waals surface area contributed by atoms with E-state index in [4.69, 9.17) is 11.1 Å². The molecule has 1 aromatic heterocycles. The van der Waals surface area contributed by atoms with Crippen LogP contribution < -0.4 is 16.6 Å². The van der Waals surface area contributed by atoms with Gasteiger partial charge in [-0.3, -0.25) is 0 Å². The maximum absolute atomic E-state index is 13.3. The number of nitrogens with one attached hydrogen (secondary N) is 2. The Hall–Kier alpha value is -2.72. The molecule has 1 heterocycles. The van der Waals surface area contributed by atoms with E-state index in [1.807, 2.05) is 6.92 Å². The van der Waals surface area contributed by atoms with Gasteiger partial charge >= 0.3 is 0 Å². The van der Waals surface area contributed by atoms with Crippen LogP contribution in [0.25, 0.3) is 0 Å². The van der Waals surface area contributed by atoms with Gasteiger partial charge in [0.05, 0.1) is 5.56 Å². The number of benzene rings is 1. The second-order valence-corrected chi connectivity index (χ2v) is 4.38. The second kappa shape index (κ2) is 6.63. The highest BCUT2D eigenvalue weighted by atomic mass is 19.1. The van der Waals surface area contributed by atoms with Crippen LogP contribution in [0.15, 0.2) is 24.3 Å². The monoisotopic (exact) mass is 286 g/mol. The zero-order chi connectivity index (χ0) is 15.2. The fraction of sp³-hybridized carbons (Fsp3) is 0.214. The number of hydrogen-bond donors (Lipinski definition) is 3. The average molecular weight is 286 g/mol. The van der Waals surface area contributed by atoms with Crippen LogP contribution in [0.1, 0.15) is 24.7 Å². The molecule has 1 aromatic carbocycles. The number of hydrogen-bond acceptors (Lipinski definition) is 6. The lowest BCUT2D eigenvalue weighted by atomic mass is 10.2. The summed E-state index contributed by atoms with van der Waals surface area (Å²) in [6.07, 6.45) is 1.62. The van der Waals surface area contributed by atoms with Crippen molar-refractivity contribution in [3.8, 4) is 6.07 Å². The molecule has 0 saturated carbocycles. The first kappa shape index (κ1) is 14.7. The highest BCUT2D eigenvalue weighted by molar-refractivity contribution is 5.61. The first-order chi connectivity index (χ1) is 10.2. The van der Waals surface area contributed by atoms with Crippen molar-refractivity contribution in [2.45, 2.75) is 19.8 Å². The number of aromatic nitrogens is 2. The van der Waals surface area contributed by atoms with Gasteiger partial charge in [0.15, 0.2) is 0 Å². The molecule has 6 nitrogen and oxygen atoms in total. The zero-order valence-corrected chi connectivity index (χ0v) is 11.5. The molecular weight excluding hydrogens is 271 g/mol. The Morgan fingerprint density at radius 1 is 1.29 bits per heavy atom. The lowest BCUT2D eigenvalue weighted by Crippen LogP contribution is -2.11. The molecule has 108 valence electrons. The van der Waals surface area contributed by atoms with Crippen molar-refractivity contribution in [2.75, 3.05) is 10.7 Å². The second-order valence-electron chi connectivity index (χ2n) is 4.38. The predicted molar refractivity (Wildman–Crippen MR) is 78.2 cm³/mol. The maximum Gasteiger partial charge on any atom is 0.145 e. The number of nitrogen functional groups attached to an aromatic ring is 1. The minimum atomic E-state index is -0.554. The molecular formula is C14H15FN6. The third-order valence-electron chi connectivity index (χ3n) is 2.75. The third-order valence-corrected chi connectivity index (χ3v) is 2.75. The average Bonchev–Trinajstić information content (AvgIpc) is 2.49. The molecule has 0 unspecified atom stereocenters. The van der Waals surface area contributed by atoms with Crippen LogP contribution in [0.4, 0.5) is 21.7 Å². The van der Waals surface area contributed by atoms with Gasteiger partial charge in [-0.05, 0) is 24.6 Å². The van der Waals surface area contributed by atoms with E-state index in [1.54, 1.807) is 12.1 Å². The Labute approximate surface area is 121 Å². The van der Waals surface area contributed by atoms with Gasteiger partial charge < -0.3 is 10.7 Å². The smallest absolute Gasteiger partial charge is 0.145 e. The Bertz CT molecular complexity index is 680. The summed E-state index contributed by atoms with van der Waals surface area (Å²) in [6.45, 7) is 2.03. The molecule has 0 saturated heterocycles. The number of halogens is 1. The van der Waals surface area contributed by atoms with Crippen LogP contribution in [0.5, 0.6) is 0 Å². The van der Waals surface area contributed by atoms with Gasteiger partial charge in [-0.2, -0.15) is 5.26 Å². The van der Waals surface area contributed by atoms with Crippen molar-refractivity contribution in [1.29, 1.82) is 5.26 Å². The fourth-order valence-corrected chi connectivity index (χ4v) is 1.81. The van der Waals surface area contributed by atoms with Crippen LogP contribution >= 0.6 is 0 Å². The van der Waals surface area contributed by atoms with Crippen LogP contribution in [0.2, 0.25) is 0 Å². The van der Waals surface area contributed by atoms with Crippen molar-refractivity contribution < 1.29 is 4.39 Å². The van der Waals surface area contributed by atoms with E-state index in [-0.39, 0.29) is 5.56 Å². The molecule has 0 aliphatic rings. The van der Waals surface area contributed by atoms with Crippen molar-refractivity contribution in [1.82, 2.24) is 9.97 Å². The van der Waals surface area contributed by atoms with Crippen molar-refractivity contribution in [3.05, 3.63) is 41.5 Å². The van der Waals surface area contributed by atoms with Gasteiger partial charge in [0.2, 0.25) is 0 Å². The van der Waals surface area contributed by atoms with Crippen LogP contribution in [-0.2, 0) is 6.42 Å². The molecule has 0 amide bonds. The highest BCUT2D eigenvalue weighted by Crippen LogP contribution is 2.20. The fourth-order valence-electron chi connectivity index (χ4n) is 1.81. The molecule has 4 N–H and O–H groups in total. The van der Waals surface area contributed by atoms with Gasteiger partial charge in [0.1, 0.15) is 29.3 Å². The number of nitrogens with two attached hydrogens (primary N) is 1. The molecule has 2 aromatic rings. The summed E-state index contributed by atoms with van der Waals surface area (Å²) in [7, 11) is 0. The summed E-state index contributed by atoms with van der Waals surface area (Å²) in [5, 5.41) is 11.9. The first-order valence-electron chi connectivity index (χ1n) is 6.47. The summed E-state index contributed by atoms with van der Waals surface area (Å²) in [6, 6.07) is 7.62. The van der Waals surface area contributed by atoms with E-state index in [2.05, 4.69) is 20.7 Å². The number of anilines is 3. The lowest BCUT2D eigenvalue weighted by molar-refractivity contribution is 0.624. The molecule has 2 rings (SSSR count). The summed E-state index contributed by atoms with van der Waals surface area (Å²) in [5.41, 5.74) is 3.02. The molecule has 0 atom stereocenters. The normalized spacial score (nSPS) is 10.0. The zero-order valence-electron chi connectivity index (χ0n) is 11.5. The van der Waals surface area contributed by atoms with Gasteiger partial charge in [0, 0.05) is 18.2 Å². The lowest BCUT2D eigenvalue weighted by Gasteiger charge is -2.10. The summed E-state index contributed by atoms with van der Waals surface area (Å²) in [4.78, 5) is 8.58. The van der Waals surface area contributed by atoms with E-state index in [9.17, 15) is 4.39 Å². The summed E-state index contributed by atoms with van der Waals surface area (Å²) in [5.74, 6) is 6.49. The van der Waals surface area contributed by atoms with Crippen LogP contribution in [0, 0.1) is 17.1 Å². The number of nitriles is 1. The Morgan fingerprint density at radius 3 is 2.71 bits per heavy atom. The molecule has 0 aliphatic heterocycles. The van der Waals surface area contributed by atoms with Crippen molar-refractivity contribution in [2.24, 2.45) is 5.84 Å². The number of rotatable bonds is 5. The van der Waals surface area contributed by atoms with Gasteiger partial charge in [-0.15, -0.1) is 0 Å². The summed E-state index contributed by atoms with van der Waals surface area (Å²) < 4.78 is 13.3. The van der Waals surface area contributed by atoms with Gasteiger partial charge in [-0.1, -0.05) is 6.92 Å². The minimum Gasteiger partial charge on any atom is -0.340 e. The maximum atomic E-state index is 13.3. The minimum absolute atomic E-state index is 0.0278. The molecule has 0 aliphatic carbocycles. The Balaban J connectivity index is 2.30. The Kier molecular flexibility index (Phi) is 4.64. The third kappa shape index (κ3) is 3.64. The standard InChI is InChI=1S/C14H15FN6/c1-2-3-12-19-13(7-14(20-12)21-17)18-10-4-5-11(15)9(6-10)8-16/h4-7H,2-3,17H2,1H3,(H2,18,19,20,21). The molecule has 7 heteroatoms. The van der Waals surface area contributed by atoms with Gasteiger partial charge in [0.25, 0.3) is 0 Å². The molecule has 21 heavy (non-hydrogen) atoms. The number of aryl methyl sites for hydroxylation is 1. The molecule has 0 spiro atoms. The van der Waals surface area contributed by atoms with E-state index in [0.29, 0.717) is 23.1 Å². The number of nitrogens with zero attached hydrogens (tertiary/aromatic N) is 3. The van der Waals surface area contributed by atoms with Gasteiger partial charge in [-0.25, -0.2) is 20.2 Å². The number of hydrazine groups is 1. The topological polar surface area (TPSA) is 99.6 Å². The van der Waals surface area contributed by atoms with E-state index in [0.717, 1.165) is 12.8 Å². The highest BCUT2D eigenvalue weighted by Gasteiger charge is 2.06. The Morgan fingerprint density at radius 2 is 2.05 bits per heavy atom. The summed E-state index contributed by atoms with van der Waals surface area (Å²) >= 11 is 0. The quantitative estimate of drug-likeness (QED) is 0.576. The van der Waals surface area contributed by atoms with E-state index >= 15 is 0 Å².